The van der Waals surface area contributed by atoms with Gasteiger partial charge in [0.2, 0.25) is 0 Å². The van der Waals surface area contributed by atoms with Crippen molar-refractivity contribution >= 4 is 22.8 Å². The summed E-state index contributed by atoms with van der Waals surface area (Å²) in [6.07, 6.45) is -1.75. The maximum absolute atomic E-state index is 15.1. The van der Waals surface area contributed by atoms with Crippen molar-refractivity contribution in [3.63, 3.8) is 0 Å². The number of fused-ring (bicyclic) bond motifs is 1. The van der Waals surface area contributed by atoms with Gasteiger partial charge in [0.05, 0.1) is 17.6 Å². The number of urea groups is 1. The smallest absolute Gasteiger partial charge is 0.321 e. The van der Waals surface area contributed by atoms with E-state index in [4.69, 9.17) is 10.5 Å². The second kappa shape index (κ2) is 14.9. The highest BCUT2D eigenvalue weighted by Crippen LogP contribution is 2.31. The number of hydrogen-bond donors (Lipinski definition) is 4. The van der Waals surface area contributed by atoms with Crippen LogP contribution in [0.25, 0.3) is 10.9 Å². The number of carbonyl (C=O) groups is 1. The van der Waals surface area contributed by atoms with E-state index in [2.05, 4.69) is 10.2 Å². The molecule has 50 heavy (non-hydrogen) atoms. The van der Waals surface area contributed by atoms with Crippen LogP contribution in [-0.2, 0) is 32.5 Å². The minimum absolute atomic E-state index is 0.190. The van der Waals surface area contributed by atoms with Crippen molar-refractivity contribution in [1.29, 1.82) is 0 Å². The molecular formula is C41H41N5O4. The molecule has 254 valence electrons. The second-order valence-corrected chi connectivity index (χ2v) is 12.9. The average Bonchev–Trinajstić information content (AvgIpc) is 3.51. The SMILES string of the molecule is Nc1n[nH]c2ccc(CN3C(=O)N(Cc4cccc(OCc5ccccc5)c4)[C@H](Cc4ccccc4)[C@H](O)[C@@H](O)[C@H]3Cc3ccccc3)cc12. The van der Waals surface area contributed by atoms with Crippen LogP contribution in [-0.4, -0.2) is 60.5 Å². The van der Waals surface area contributed by atoms with E-state index in [0.717, 1.165) is 38.7 Å². The molecule has 1 aromatic heterocycles. The Morgan fingerprint density at radius 3 is 1.74 bits per heavy atom. The highest BCUT2D eigenvalue weighted by Gasteiger charge is 2.46. The van der Waals surface area contributed by atoms with Gasteiger partial charge in [0, 0.05) is 18.5 Å². The Bertz CT molecular complexity index is 2020. The first kappa shape index (κ1) is 32.9. The number of hydrogen-bond acceptors (Lipinski definition) is 6. The number of aliphatic hydroxyl groups excluding tert-OH is 2. The van der Waals surface area contributed by atoms with Crippen molar-refractivity contribution in [2.24, 2.45) is 0 Å². The van der Waals surface area contributed by atoms with Gasteiger partial charge in [-0.25, -0.2) is 4.79 Å². The van der Waals surface area contributed by atoms with Gasteiger partial charge in [-0.3, -0.25) is 5.10 Å². The maximum atomic E-state index is 15.1. The van der Waals surface area contributed by atoms with Crippen molar-refractivity contribution in [3.05, 3.63) is 161 Å². The zero-order valence-corrected chi connectivity index (χ0v) is 27.7. The fourth-order valence-corrected chi connectivity index (χ4v) is 6.86. The van der Waals surface area contributed by atoms with Crippen LogP contribution in [0.3, 0.4) is 0 Å². The Balaban J connectivity index is 1.26. The predicted octanol–water partition coefficient (Wildman–Crippen LogP) is 6.11. The number of rotatable bonds is 11. The standard InChI is InChI=1S/C41H41N5O4/c42-40-34-22-32(19-20-35(34)43-44-40)26-46-37(24-29-13-6-2-7-14-29)39(48)38(47)36(23-28-11-4-1-5-12-28)45(41(46)49)25-31-17-10-18-33(21-31)50-27-30-15-8-3-9-16-30/h1-22,36-39,47-48H,23-27H2,(H3,42,43,44)/t36-,37-,38+,39+/m1/s1. The van der Waals surface area contributed by atoms with Gasteiger partial charge in [-0.05, 0) is 64.9 Å². The van der Waals surface area contributed by atoms with Crippen LogP contribution in [0.15, 0.2) is 133 Å². The van der Waals surface area contributed by atoms with Crippen LogP contribution in [0.2, 0.25) is 0 Å². The third kappa shape index (κ3) is 7.34. The van der Waals surface area contributed by atoms with E-state index in [9.17, 15) is 10.2 Å². The lowest BCUT2D eigenvalue weighted by Crippen LogP contribution is -2.50. The number of H-pyrrole nitrogens is 1. The van der Waals surface area contributed by atoms with E-state index in [0.29, 0.717) is 31.0 Å². The monoisotopic (exact) mass is 667 g/mol. The maximum Gasteiger partial charge on any atom is 0.321 e. The quantitative estimate of drug-likeness (QED) is 0.132. The zero-order chi connectivity index (χ0) is 34.5. The molecule has 7 rings (SSSR count). The Labute approximate surface area is 291 Å². The van der Waals surface area contributed by atoms with Crippen LogP contribution in [0, 0.1) is 0 Å². The normalized spacial score (nSPS) is 19.4. The topological polar surface area (TPSA) is 128 Å². The van der Waals surface area contributed by atoms with Gasteiger partial charge in [0.1, 0.15) is 24.6 Å². The number of amides is 2. The molecule has 1 aliphatic rings. The van der Waals surface area contributed by atoms with Crippen molar-refractivity contribution in [3.8, 4) is 5.75 Å². The number of nitrogens with one attached hydrogen (secondary N) is 1. The lowest BCUT2D eigenvalue weighted by molar-refractivity contribution is -0.0408. The Morgan fingerprint density at radius 1 is 0.640 bits per heavy atom. The lowest BCUT2D eigenvalue weighted by atomic mass is 9.91. The summed E-state index contributed by atoms with van der Waals surface area (Å²) in [6, 6.07) is 41.2. The van der Waals surface area contributed by atoms with Crippen LogP contribution in [0.5, 0.6) is 5.75 Å². The molecule has 4 atom stereocenters. The van der Waals surface area contributed by atoms with E-state index in [1.807, 2.05) is 133 Å². The van der Waals surface area contributed by atoms with Gasteiger partial charge in [0.25, 0.3) is 0 Å². The van der Waals surface area contributed by atoms with Gasteiger partial charge >= 0.3 is 6.03 Å². The summed E-state index contributed by atoms with van der Waals surface area (Å²) in [5.74, 6) is 1.05. The number of aromatic amines is 1. The summed E-state index contributed by atoms with van der Waals surface area (Å²) < 4.78 is 6.13. The average molecular weight is 668 g/mol. The minimum atomic E-state index is -1.24. The number of benzene rings is 5. The summed E-state index contributed by atoms with van der Waals surface area (Å²) in [4.78, 5) is 18.5. The van der Waals surface area contributed by atoms with E-state index in [1.54, 1.807) is 9.80 Å². The fraction of sp³-hybridized carbons (Fsp3) is 0.220. The highest BCUT2D eigenvalue weighted by atomic mass is 16.5. The largest absolute Gasteiger partial charge is 0.489 e. The number of nitrogen functional groups attached to an aromatic ring is 1. The molecule has 1 fully saturated rings. The highest BCUT2D eigenvalue weighted by molar-refractivity contribution is 5.89. The Morgan fingerprint density at radius 2 is 1.16 bits per heavy atom. The third-order valence-electron chi connectivity index (χ3n) is 9.52. The van der Waals surface area contributed by atoms with Crippen LogP contribution in [0.1, 0.15) is 27.8 Å². The van der Waals surface area contributed by atoms with Crippen molar-refractivity contribution < 1.29 is 19.7 Å². The molecule has 1 saturated heterocycles. The molecule has 9 heteroatoms. The van der Waals surface area contributed by atoms with Gasteiger partial charge in [-0.1, -0.05) is 109 Å². The molecule has 2 amide bonds. The molecule has 0 radical (unpaired) electrons. The number of carbonyl (C=O) groups excluding carboxylic acids is 1. The molecular weight excluding hydrogens is 626 g/mol. The number of aromatic nitrogens is 2. The molecule has 2 heterocycles. The first-order valence-electron chi connectivity index (χ1n) is 16.9. The van der Waals surface area contributed by atoms with Crippen molar-refractivity contribution in [2.45, 2.75) is 56.8 Å². The minimum Gasteiger partial charge on any atom is -0.489 e. The van der Waals surface area contributed by atoms with Crippen molar-refractivity contribution in [2.75, 3.05) is 5.73 Å². The number of ether oxygens (including phenoxy) is 1. The van der Waals surface area contributed by atoms with Gasteiger partial charge in [0.15, 0.2) is 5.82 Å². The van der Waals surface area contributed by atoms with E-state index >= 15 is 4.79 Å². The molecule has 0 saturated carbocycles. The molecule has 9 nitrogen and oxygen atoms in total. The molecule has 0 bridgehead atoms. The molecule has 1 aliphatic heterocycles. The van der Waals surface area contributed by atoms with Gasteiger partial charge < -0.3 is 30.5 Å². The second-order valence-electron chi connectivity index (χ2n) is 12.9. The van der Waals surface area contributed by atoms with E-state index in [-0.39, 0.29) is 19.1 Å². The summed E-state index contributed by atoms with van der Waals surface area (Å²) in [7, 11) is 0. The molecule has 5 N–H and O–H groups in total. The summed E-state index contributed by atoms with van der Waals surface area (Å²) in [5.41, 5.74) is 11.6. The lowest BCUT2D eigenvalue weighted by Gasteiger charge is -2.36. The predicted molar refractivity (Wildman–Crippen MR) is 194 cm³/mol. The number of nitrogens with zero attached hydrogens (tertiary/aromatic N) is 3. The first-order valence-corrected chi connectivity index (χ1v) is 16.9. The molecule has 0 unspecified atom stereocenters. The zero-order valence-electron chi connectivity index (χ0n) is 27.7. The van der Waals surface area contributed by atoms with Crippen LogP contribution in [0.4, 0.5) is 10.6 Å². The third-order valence-corrected chi connectivity index (χ3v) is 9.52. The number of nitrogens with two attached hydrogens (primary N) is 1. The van der Waals surface area contributed by atoms with Crippen molar-refractivity contribution in [1.82, 2.24) is 20.0 Å². The van der Waals surface area contributed by atoms with E-state index < -0.39 is 24.3 Å². The van der Waals surface area contributed by atoms with Gasteiger partial charge in [-0.15, -0.1) is 0 Å². The van der Waals surface area contributed by atoms with Crippen LogP contribution < -0.4 is 10.5 Å². The van der Waals surface area contributed by atoms with Crippen LogP contribution >= 0.6 is 0 Å². The summed E-state index contributed by atoms with van der Waals surface area (Å²) >= 11 is 0. The van der Waals surface area contributed by atoms with E-state index in [1.165, 1.54) is 0 Å². The summed E-state index contributed by atoms with van der Waals surface area (Å²) in [6.45, 7) is 0.801. The molecule has 0 spiro atoms. The summed E-state index contributed by atoms with van der Waals surface area (Å²) in [5, 5.41) is 31.9. The molecule has 0 aliphatic carbocycles. The Hall–Kier alpha value is -5.64. The Kier molecular flexibility index (Phi) is 9.77. The molecule has 6 aromatic rings. The fourth-order valence-electron chi connectivity index (χ4n) is 6.86. The number of aliphatic hydroxyl groups is 2. The van der Waals surface area contributed by atoms with Gasteiger partial charge in [-0.2, -0.15) is 5.10 Å². The first-order chi connectivity index (χ1) is 24.4. The number of anilines is 1. The molecule has 5 aromatic carbocycles.